The molecule has 0 aliphatic heterocycles. The van der Waals surface area contributed by atoms with E-state index >= 15 is 0 Å². The van der Waals surface area contributed by atoms with Gasteiger partial charge in [0.15, 0.2) is 6.73 Å². The largest absolute Gasteiger partial charge is 0.473 e. The highest BCUT2D eigenvalue weighted by atomic mass is 16.5. The third-order valence-corrected chi connectivity index (χ3v) is 3.28. The Kier molecular flexibility index (Phi) is 6.91. The number of amides is 2. The van der Waals surface area contributed by atoms with Gasteiger partial charge in [0, 0.05) is 13.1 Å². The second-order valence-electron chi connectivity index (χ2n) is 4.96. The molecule has 1 N–H and O–H groups in total. The molecule has 20 heavy (non-hydrogen) atoms. The molecule has 4 heteroatoms. The highest BCUT2D eigenvalue weighted by molar-refractivity contribution is 5.73. The van der Waals surface area contributed by atoms with E-state index in [4.69, 9.17) is 4.74 Å². The molecule has 2 amide bonds. The van der Waals surface area contributed by atoms with Gasteiger partial charge in [0.25, 0.3) is 0 Å². The van der Waals surface area contributed by atoms with E-state index in [1.807, 2.05) is 36.9 Å². The summed E-state index contributed by atoms with van der Waals surface area (Å²) in [6.45, 7) is 9.97. The first-order valence-electron chi connectivity index (χ1n) is 7.31. The van der Waals surface area contributed by atoms with Gasteiger partial charge in [0.1, 0.15) is 5.75 Å². The fraction of sp³-hybridized carbons (Fsp3) is 0.562. The van der Waals surface area contributed by atoms with Gasteiger partial charge in [-0.05, 0) is 43.9 Å². The van der Waals surface area contributed by atoms with Crippen LogP contribution in [-0.4, -0.2) is 30.8 Å². The summed E-state index contributed by atoms with van der Waals surface area (Å²) in [7, 11) is 0. The van der Waals surface area contributed by atoms with Crippen molar-refractivity contribution in [2.24, 2.45) is 0 Å². The van der Waals surface area contributed by atoms with Crippen LogP contribution in [0.2, 0.25) is 0 Å². The van der Waals surface area contributed by atoms with Crippen LogP contribution in [-0.2, 0) is 0 Å². The van der Waals surface area contributed by atoms with Crippen molar-refractivity contribution in [1.82, 2.24) is 10.2 Å². The van der Waals surface area contributed by atoms with Gasteiger partial charge in [0.05, 0.1) is 0 Å². The molecule has 0 aromatic heterocycles. The van der Waals surface area contributed by atoms with Crippen molar-refractivity contribution >= 4 is 6.03 Å². The van der Waals surface area contributed by atoms with E-state index < -0.39 is 0 Å². The SMILES string of the molecule is CCCN(CCC)C(=O)NCOc1cccc(C)c1C. The average molecular weight is 278 g/mol. The Bertz CT molecular complexity index is 426. The molecule has 0 bridgehead atoms. The maximum absolute atomic E-state index is 12.0. The highest BCUT2D eigenvalue weighted by Crippen LogP contribution is 2.19. The molecule has 0 unspecified atom stereocenters. The van der Waals surface area contributed by atoms with Crippen molar-refractivity contribution in [3.8, 4) is 5.75 Å². The monoisotopic (exact) mass is 278 g/mol. The normalized spacial score (nSPS) is 10.2. The minimum atomic E-state index is -0.0565. The van der Waals surface area contributed by atoms with Crippen LogP contribution in [0.5, 0.6) is 5.75 Å². The maximum atomic E-state index is 12.0. The molecule has 0 atom stereocenters. The standard InChI is InChI=1S/C16H26N2O2/c1-5-10-18(11-6-2)16(19)17-12-20-15-9-7-8-13(3)14(15)4/h7-9H,5-6,10-12H2,1-4H3,(H,17,19). The van der Waals surface area contributed by atoms with Gasteiger partial charge < -0.3 is 15.0 Å². The lowest BCUT2D eigenvalue weighted by molar-refractivity contribution is 0.184. The number of rotatable bonds is 7. The second-order valence-corrected chi connectivity index (χ2v) is 4.96. The number of aryl methyl sites for hydroxylation is 1. The molecular weight excluding hydrogens is 252 g/mol. The number of nitrogens with one attached hydrogen (secondary N) is 1. The van der Waals surface area contributed by atoms with Gasteiger partial charge in [0.2, 0.25) is 0 Å². The minimum absolute atomic E-state index is 0.0565. The molecule has 4 nitrogen and oxygen atoms in total. The molecule has 1 rings (SSSR count). The summed E-state index contributed by atoms with van der Waals surface area (Å²) < 4.78 is 5.64. The summed E-state index contributed by atoms with van der Waals surface area (Å²) in [4.78, 5) is 13.8. The number of hydrogen-bond donors (Lipinski definition) is 1. The molecule has 0 saturated carbocycles. The number of benzene rings is 1. The third-order valence-electron chi connectivity index (χ3n) is 3.28. The Balaban J connectivity index is 2.46. The summed E-state index contributed by atoms with van der Waals surface area (Å²) in [6.07, 6.45) is 1.93. The first kappa shape index (κ1) is 16.3. The number of carbonyl (C=O) groups is 1. The van der Waals surface area contributed by atoms with E-state index in [0.717, 1.165) is 37.2 Å². The number of carbonyl (C=O) groups excluding carboxylic acids is 1. The number of ether oxygens (including phenoxy) is 1. The van der Waals surface area contributed by atoms with Crippen LogP contribution in [0, 0.1) is 13.8 Å². The molecule has 0 saturated heterocycles. The van der Waals surface area contributed by atoms with Crippen molar-refractivity contribution in [2.75, 3.05) is 19.8 Å². The van der Waals surface area contributed by atoms with Crippen LogP contribution >= 0.6 is 0 Å². The van der Waals surface area contributed by atoms with Gasteiger partial charge in [-0.3, -0.25) is 0 Å². The molecule has 0 fully saturated rings. The van der Waals surface area contributed by atoms with E-state index in [1.165, 1.54) is 5.56 Å². The summed E-state index contributed by atoms with van der Waals surface area (Å²) in [5, 5.41) is 2.81. The maximum Gasteiger partial charge on any atom is 0.320 e. The first-order chi connectivity index (χ1) is 9.60. The lowest BCUT2D eigenvalue weighted by Crippen LogP contribution is -2.42. The Hall–Kier alpha value is -1.71. The molecule has 0 radical (unpaired) electrons. The molecule has 1 aromatic rings. The van der Waals surface area contributed by atoms with Crippen molar-refractivity contribution in [3.05, 3.63) is 29.3 Å². The van der Waals surface area contributed by atoms with Crippen molar-refractivity contribution in [2.45, 2.75) is 40.5 Å². The lowest BCUT2D eigenvalue weighted by Gasteiger charge is -2.22. The summed E-state index contributed by atoms with van der Waals surface area (Å²) >= 11 is 0. The highest BCUT2D eigenvalue weighted by Gasteiger charge is 2.11. The quantitative estimate of drug-likeness (QED) is 0.776. The van der Waals surface area contributed by atoms with Gasteiger partial charge >= 0.3 is 6.03 Å². The molecule has 0 aliphatic carbocycles. The van der Waals surface area contributed by atoms with Crippen LogP contribution in [0.1, 0.15) is 37.8 Å². The van der Waals surface area contributed by atoms with Gasteiger partial charge in [-0.25, -0.2) is 4.79 Å². The Morgan fingerprint density at radius 2 is 1.85 bits per heavy atom. The van der Waals surface area contributed by atoms with Crippen LogP contribution in [0.4, 0.5) is 4.79 Å². The first-order valence-corrected chi connectivity index (χ1v) is 7.31. The fourth-order valence-corrected chi connectivity index (χ4v) is 2.02. The smallest absolute Gasteiger partial charge is 0.320 e. The third kappa shape index (κ3) is 4.76. The van der Waals surface area contributed by atoms with Crippen molar-refractivity contribution in [3.63, 3.8) is 0 Å². The van der Waals surface area contributed by atoms with Crippen LogP contribution in [0.15, 0.2) is 18.2 Å². The number of urea groups is 1. The molecule has 0 aliphatic rings. The Morgan fingerprint density at radius 3 is 2.45 bits per heavy atom. The van der Waals surface area contributed by atoms with Crippen LogP contribution in [0.3, 0.4) is 0 Å². The molecule has 0 heterocycles. The Morgan fingerprint density at radius 1 is 1.20 bits per heavy atom. The zero-order chi connectivity index (χ0) is 15.0. The lowest BCUT2D eigenvalue weighted by atomic mass is 10.1. The zero-order valence-electron chi connectivity index (χ0n) is 13.0. The van der Waals surface area contributed by atoms with E-state index in [1.54, 1.807) is 0 Å². The number of hydrogen-bond acceptors (Lipinski definition) is 2. The summed E-state index contributed by atoms with van der Waals surface area (Å²) in [5.41, 5.74) is 2.30. The predicted octanol–water partition coefficient (Wildman–Crippen LogP) is 3.47. The van der Waals surface area contributed by atoms with Gasteiger partial charge in [-0.2, -0.15) is 0 Å². The Labute approximate surface area is 122 Å². The zero-order valence-corrected chi connectivity index (χ0v) is 13.0. The second kappa shape index (κ2) is 8.46. The van der Waals surface area contributed by atoms with Crippen LogP contribution < -0.4 is 10.1 Å². The predicted molar refractivity (Wildman–Crippen MR) is 82.1 cm³/mol. The fourth-order valence-electron chi connectivity index (χ4n) is 2.02. The van der Waals surface area contributed by atoms with E-state index in [-0.39, 0.29) is 12.8 Å². The summed E-state index contributed by atoms with van der Waals surface area (Å²) in [5.74, 6) is 0.822. The molecule has 0 spiro atoms. The topological polar surface area (TPSA) is 41.6 Å². The minimum Gasteiger partial charge on any atom is -0.473 e. The molecular formula is C16H26N2O2. The van der Waals surface area contributed by atoms with Crippen molar-refractivity contribution < 1.29 is 9.53 Å². The van der Waals surface area contributed by atoms with Crippen molar-refractivity contribution in [1.29, 1.82) is 0 Å². The molecule has 1 aromatic carbocycles. The van der Waals surface area contributed by atoms with E-state index in [9.17, 15) is 4.79 Å². The van der Waals surface area contributed by atoms with E-state index in [2.05, 4.69) is 19.2 Å². The molecule has 112 valence electrons. The van der Waals surface area contributed by atoms with E-state index in [0.29, 0.717) is 0 Å². The van der Waals surface area contributed by atoms with Gasteiger partial charge in [-0.1, -0.05) is 26.0 Å². The number of nitrogens with zero attached hydrogens (tertiary/aromatic N) is 1. The average Bonchev–Trinajstić information content (AvgIpc) is 2.43. The summed E-state index contributed by atoms with van der Waals surface area (Å²) in [6, 6.07) is 5.87. The van der Waals surface area contributed by atoms with Gasteiger partial charge in [-0.15, -0.1) is 0 Å². The van der Waals surface area contributed by atoms with Crippen LogP contribution in [0.25, 0.3) is 0 Å².